The van der Waals surface area contributed by atoms with Gasteiger partial charge in [-0.1, -0.05) is 28.1 Å². The molecule has 0 spiro atoms. The standard InChI is InChI=1S/C16H10BrFN2O3/c17-9-5-6-10-13(7-9)20(16(23)15(10)22)8-14(21)19-12-4-2-1-3-11(12)18/h1-7H,8H2,(H,19,21). The van der Waals surface area contributed by atoms with Gasteiger partial charge in [0.05, 0.1) is 16.9 Å². The maximum absolute atomic E-state index is 13.5. The Morgan fingerprint density at radius 1 is 1.17 bits per heavy atom. The molecule has 0 unspecified atom stereocenters. The molecule has 2 amide bonds. The quantitative estimate of drug-likeness (QED) is 0.837. The first-order valence-corrected chi connectivity index (χ1v) is 7.47. The van der Waals surface area contributed by atoms with Crippen LogP contribution in [0.5, 0.6) is 0 Å². The van der Waals surface area contributed by atoms with Gasteiger partial charge >= 0.3 is 0 Å². The zero-order chi connectivity index (χ0) is 16.6. The Labute approximate surface area is 139 Å². The van der Waals surface area contributed by atoms with E-state index in [9.17, 15) is 18.8 Å². The molecular weight excluding hydrogens is 367 g/mol. The van der Waals surface area contributed by atoms with Crippen molar-refractivity contribution >= 4 is 44.9 Å². The number of rotatable bonds is 3. The van der Waals surface area contributed by atoms with Crippen molar-refractivity contribution in [1.29, 1.82) is 0 Å². The lowest BCUT2D eigenvalue weighted by atomic mass is 10.1. The minimum atomic E-state index is -0.776. The summed E-state index contributed by atoms with van der Waals surface area (Å²) in [6.45, 7) is -0.373. The number of nitrogens with one attached hydrogen (secondary N) is 1. The Hall–Kier alpha value is -2.54. The number of fused-ring (bicyclic) bond motifs is 1. The van der Waals surface area contributed by atoms with E-state index < -0.39 is 23.4 Å². The van der Waals surface area contributed by atoms with Crippen LogP contribution < -0.4 is 10.2 Å². The fourth-order valence-corrected chi connectivity index (χ4v) is 2.67. The van der Waals surface area contributed by atoms with Gasteiger partial charge in [-0.3, -0.25) is 19.3 Å². The number of ketones is 1. The van der Waals surface area contributed by atoms with Crippen LogP contribution in [0.4, 0.5) is 15.8 Å². The number of carbonyl (C=O) groups is 3. The Balaban J connectivity index is 1.82. The van der Waals surface area contributed by atoms with Gasteiger partial charge in [0.2, 0.25) is 5.91 Å². The molecule has 5 nitrogen and oxygen atoms in total. The van der Waals surface area contributed by atoms with Gasteiger partial charge < -0.3 is 5.32 Å². The maximum Gasteiger partial charge on any atom is 0.299 e. The van der Waals surface area contributed by atoms with Crippen molar-refractivity contribution in [3.8, 4) is 0 Å². The average molecular weight is 377 g/mol. The van der Waals surface area contributed by atoms with E-state index in [0.29, 0.717) is 10.2 Å². The third kappa shape index (κ3) is 2.87. The molecule has 2 aromatic carbocycles. The fraction of sp³-hybridized carbons (Fsp3) is 0.0625. The molecule has 0 aliphatic carbocycles. The van der Waals surface area contributed by atoms with Crippen LogP contribution in [-0.4, -0.2) is 24.1 Å². The monoisotopic (exact) mass is 376 g/mol. The second kappa shape index (κ2) is 5.92. The number of benzene rings is 2. The van der Waals surface area contributed by atoms with Crippen LogP contribution in [0.2, 0.25) is 0 Å². The van der Waals surface area contributed by atoms with Gasteiger partial charge in [-0.2, -0.15) is 0 Å². The second-order valence-corrected chi connectivity index (χ2v) is 5.83. The SMILES string of the molecule is O=C(CN1C(=O)C(=O)c2ccc(Br)cc21)Nc1ccccc1F. The number of Topliss-reactive ketones (excluding diaryl/α,β-unsaturated/α-hetero) is 1. The zero-order valence-electron chi connectivity index (χ0n) is 11.7. The minimum Gasteiger partial charge on any atom is -0.322 e. The molecule has 116 valence electrons. The first-order chi connectivity index (χ1) is 11.0. The Bertz CT molecular complexity index is 838. The summed E-state index contributed by atoms with van der Waals surface area (Å²) < 4.78 is 14.2. The molecular formula is C16H10BrFN2O3. The van der Waals surface area contributed by atoms with Crippen LogP contribution in [0.15, 0.2) is 46.9 Å². The van der Waals surface area contributed by atoms with Gasteiger partial charge in [-0.15, -0.1) is 0 Å². The van der Waals surface area contributed by atoms with E-state index >= 15 is 0 Å². The highest BCUT2D eigenvalue weighted by Crippen LogP contribution is 2.31. The summed E-state index contributed by atoms with van der Waals surface area (Å²) in [4.78, 5) is 37.1. The predicted molar refractivity (Wildman–Crippen MR) is 85.9 cm³/mol. The Morgan fingerprint density at radius 2 is 1.91 bits per heavy atom. The lowest BCUT2D eigenvalue weighted by Crippen LogP contribution is -2.37. The second-order valence-electron chi connectivity index (χ2n) is 4.91. The molecule has 0 fully saturated rings. The fourth-order valence-electron chi connectivity index (χ4n) is 2.32. The largest absolute Gasteiger partial charge is 0.322 e. The maximum atomic E-state index is 13.5. The van der Waals surface area contributed by atoms with E-state index in [0.717, 1.165) is 4.90 Å². The molecule has 0 radical (unpaired) electrons. The number of hydrogen-bond donors (Lipinski definition) is 1. The summed E-state index contributed by atoms with van der Waals surface area (Å²) >= 11 is 3.26. The molecule has 1 heterocycles. The molecule has 7 heteroatoms. The van der Waals surface area contributed by atoms with Gasteiger partial charge in [0, 0.05) is 4.47 Å². The van der Waals surface area contributed by atoms with Gasteiger partial charge in [0.1, 0.15) is 12.4 Å². The van der Waals surface area contributed by atoms with E-state index in [4.69, 9.17) is 0 Å². The van der Waals surface area contributed by atoms with E-state index in [2.05, 4.69) is 21.2 Å². The summed E-state index contributed by atoms with van der Waals surface area (Å²) in [5, 5.41) is 2.39. The number of hydrogen-bond acceptors (Lipinski definition) is 3. The molecule has 0 bridgehead atoms. The number of para-hydroxylation sites is 1. The lowest BCUT2D eigenvalue weighted by Gasteiger charge is -2.16. The molecule has 0 saturated carbocycles. The lowest BCUT2D eigenvalue weighted by molar-refractivity contribution is -0.118. The van der Waals surface area contributed by atoms with Crippen molar-refractivity contribution in [1.82, 2.24) is 0 Å². The molecule has 1 aliphatic rings. The average Bonchev–Trinajstić information content (AvgIpc) is 2.74. The normalized spacial score (nSPS) is 13.2. The molecule has 1 aliphatic heterocycles. The molecule has 0 saturated heterocycles. The van der Waals surface area contributed by atoms with Crippen molar-refractivity contribution < 1.29 is 18.8 Å². The van der Waals surface area contributed by atoms with Crippen LogP contribution >= 0.6 is 15.9 Å². The number of nitrogens with zero attached hydrogens (tertiary/aromatic N) is 1. The first kappa shape index (κ1) is 15.4. The molecule has 2 aromatic rings. The van der Waals surface area contributed by atoms with Crippen LogP contribution in [-0.2, 0) is 9.59 Å². The Kier molecular flexibility index (Phi) is 3.96. The van der Waals surface area contributed by atoms with E-state index in [1.54, 1.807) is 18.2 Å². The highest BCUT2D eigenvalue weighted by molar-refractivity contribution is 9.10. The minimum absolute atomic E-state index is 0.0185. The van der Waals surface area contributed by atoms with E-state index in [1.807, 2.05) is 0 Å². The van der Waals surface area contributed by atoms with Crippen molar-refractivity contribution in [3.63, 3.8) is 0 Å². The Morgan fingerprint density at radius 3 is 2.65 bits per heavy atom. The summed E-state index contributed by atoms with van der Waals surface area (Å²) in [6.07, 6.45) is 0. The summed E-state index contributed by atoms with van der Waals surface area (Å²) in [6, 6.07) is 10.5. The predicted octanol–water partition coefficient (Wildman–Crippen LogP) is 2.76. The molecule has 0 atom stereocenters. The topological polar surface area (TPSA) is 66.5 Å². The first-order valence-electron chi connectivity index (χ1n) is 6.67. The van der Waals surface area contributed by atoms with Crippen LogP contribution in [0.3, 0.4) is 0 Å². The van der Waals surface area contributed by atoms with Crippen LogP contribution in [0.1, 0.15) is 10.4 Å². The van der Waals surface area contributed by atoms with Crippen LogP contribution in [0, 0.1) is 5.82 Å². The smallest absolute Gasteiger partial charge is 0.299 e. The summed E-state index contributed by atoms with van der Waals surface area (Å²) in [7, 11) is 0. The summed E-state index contributed by atoms with van der Waals surface area (Å²) in [5.74, 6) is -2.61. The number of amides is 2. The third-order valence-electron chi connectivity index (χ3n) is 3.38. The number of carbonyl (C=O) groups excluding carboxylic acids is 3. The van der Waals surface area contributed by atoms with Gasteiger partial charge in [-0.05, 0) is 30.3 Å². The number of anilines is 2. The van der Waals surface area contributed by atoms with Gasteiger partial charge in [0.25, 0.3) is 11.7 Å². The van der Waals surface area contributed by atoms with Gasteiger partial charge in [0.15, 0.2) is 0 Å². The third-order valence-corrected chi connectivity index (χ3v) is 3.88. The zero-order valence-corrected chi connectivity index (χ0v) is 13.3. The molecule has 3 rings (SSSR count). The van der Waals surface area contributed by atoms with E-state index in [1.165, 1.54) is 24.3 Å². The summed E-state index contributed by atoms with van der Waals surface area (Å²) in [5.41, 5.74) is 0.625. The highest BCUT2D eigenvalue weighted by Gasteiger charge is 2.36. The van der Waals surface area contributed by atoms with Crippen molar-refractivity contribution in [2.45, 2.75) is 0 Å². The van der Waals surface area contributed by atoms with Gasteiger partial charge in [-0.25, -0.2) is 4.39 Å². The van der Waals surface area contributed by atoms with Crippen molar-refractivity contribution in [3.05, 3.63) is 58.3 Å². The molecule has 1 N–H and O–H groups in total. The van der Waals surface area contributed by atoms with Crippen molar-refractivity contribution in [2.75, 3.05) is 16.8 Å². The van der Waals surface area contributed by atoms with E-state index in [-0.39, 0.29) is 17.8 Å². The number of halogens is 2. The highest BCUT2D eigenvalue weighted by atomic mass is 79.9. The molecule has 23 heavy (non-hydrogen) atoms. The van der Waals surface area contributed by atoms with Crippen molar-refractivity contribution in [2.24, 2.45) is 0 Å². The molecule has 0 aromatic heterocycles. The van der Waals surface area contributed by atoms with Crippen LogP contribution in [0.25, 0.3) is 0 Å².